The third-order valence-electron chi connectivity index (χ3n) is 13.3. The van der Waals surface area contributed by atoms with Crippen molar-refractivity contribution in [3.63, 3.8) is 0 Å². The summed E-state index contributed by atoms with van der Waals surface area (Å²) in [6.07, 6.45) is 0. The van der Waals surface area contributed by atoms with Gasteiger partial charge >= 0.3 is 0 Å². The third kappa shape index (κ3) is 4.88. The van der Waals surface area contributed by atoms with Gasteiger partial charge in [-0.3, -0.25) is 0 Å². The molecule has 0 saturated carbocycles. The second-order valence-electron chi connectivity index (χ2n) is 16.8. The molecule has 0 aliphatic heterocycles. The topological polar surface area (TPSA) is 16.4 Å². The van der Waals surface area contributed by atoms with Crippen LogP contribution in [-0.4, -0.2) is 0 Å². The van der Waals surface area contributed by atoms with E-state index in [1.165, 1.54) is 66.8 Å². The molecule has 0 fully saturated rings. The molecule has 2 aliphatic rings. The number of hydrogen-bond donors (Lipinski definition) is 0. The lowest BCUT2D eigenvalue weighted by atomic mass is 9.55. The molecular weight excluding hydrogens is 727 g/mol. The zero-order chi connectivity index (χ0) is 40.0. The first-order valence-electron chi connectivity index (χ1n) is 20.9. The summed E-state index contributed by atoms with van der Waals surface area (Å²) in [6.45, 7) is 4.77. The first kappa shape index (κ1) is 34.6. The molecule has 2 aliphatic carbocycles. The maximum atomic E-state index is 6.46. The van der Waals surface area contributed by atoms with Gasteiger partial charge in [0, 0.05) is 39.3 Å². The van der Waals surface area contributed by atoms with Crippen LogP contribution in [0.25, 0.3) is 55.3 Å². The Labute approximate surface area is 350 Å². The highest BCUT2D eigenvalue weighted by atomic mass is 16.3. The molecule has 0 bridgehead atoms. The number of furan rings is 1. The Hall–Kier alpha value is -7.42. The number of benzene rings is 9. The molecule has 2 nitrogen and oxygen atoms in total. The van der Waals surface area contributed by atoms with E-state index in [1.807, 2.05) is 12.1 Å². The van der Waals surface area contributed by atoms with Gasteiger partial charge in [-0.15, -0.1) is 0 Å². The molecule has 60 heavy (non-hydrogen) atoms. The van der Waals surface area contributed by atoms with Gasteiger partial charge in [0.1, 0.15) is 11.2 Å². The van der Waals surface area contributed by atoms with Crippen molar-refractivity contribution in [3.05, 3.63) is 246 Å². The molecule has 0 N–H and O–H groups in total. The molecule has 0 atom stereocenters. The zero-order valence-corrected chi connectivity index (χ0v) is 33.6. The van der Waals surface area contributed by atoms with Gasteiger partial charge in [-0.25, -0.2) is 0 Å². The van der Waals surface area contributed by atoms with Crippen LogP contribution in [0.2, 0.25) is 0 Å². The van der Waals surface area contributed by atoms with Crippen molar-refractivity contribution in [2.24, 2.45) is 0 Å². The quantitative estimate of drug-likeness (QED) is 0.173. The van der Waals surface area contributed by atoms with E-state index in [9.17, 15) is 0 Å². The van der Waals surface area contributed by atoms with E-state index in [4.69, 9.17) is 4.42 Å². The van der Waals surface area contributed by atoms with Crippen LogP contribution in [0.15, 0.2) is 217 Å². The summed E-state index contributed by atoms with van der Waals surface area (Å²) in [5.74, 6) is 0. The normalized spacial score (nSPS) is 14.1. The summed E-state index contributed by atoms with van der Waals surface area (Å²) in [5, 5.41) is 2.24. The van der Waals surface area contributed by atoms with Gasteiger partial charge in [-0.1, -0.05) is 178 Å². The van der Waals surface area contributed by atoms with Gasteiger partial charge in [0.15, 0.2) is 0 Å². The van der Waals surface area contributed by atoms with Crippen molar-refractivity contribution in [1.82, 2.24) is 0 Å². The highest BCUT2D eigenvalue weighted by Gasteiger charge is 2.53. The predicted molar refractivity (Wildman–Crippen MR) is 249 cm³/mol. The molecule has 1 spiro atoms. The predicted octanol–water partition coefficient (Wildman–Crippen LogP) is 15.4. The van der Waals surface area contributed by atoms with Crippen LogP contribution in [0.5, 0.6) is 0 Å². The minimum atomic E-state index is -0.448. The van der Waals surface area contributed by atoms with Crippen LogP contribution in [0.4, 0.5) is 17.1 Å². The Morgan fingerprint density at radius 1 is 0.350 bits per heavy atom. The molecule has 284 valence electrons. The third-order valence-corrected chi connectivity index (χ3v) is 13.3. The van der Waals surface area contributed by atoms with Crippen molar-refractivity contribution in [3.8, 4) is 33.4 Å². The molecule has 0 amide bonds. The van der Waals surface area contributed by atoms with Gasteiger partial charge in [-0.2, -0.15) is 0 Å². The van der Waals surface area contributed by atoms with Gasteiger partial charge in [0.05, 0.1) is 5.41 Å². The number of para-hydroxylation sites is 1. The summed E-state index contributed by atoms with van der Waals surface area (Å²) in [7, 11) is 0. The summed E-state index contributed by atoms with van der Waals surface area (Å²) >= 11 is 0. The minimum Gasteiger partial charge on any atom is -0.456 e. The number of fused-ring (bicyclic) bond motifs is 12. The van der Waals surface area contributed by atoms with Crippen molar-refractivity contribution in [1.29, 1.82) is 0 Å². The maximum Gasteiger partial charge on any atom is 0.137 e. The van der Waals surface area contributed by atoms with E-state index in [0.717, 1.165) is 39.0 Å². The average molecular weight is 768 g/mol. The van der Waals surface area contributed by atoms with Crippen LogP contribution < -0.4 is 4.90 Å². The number of anilines is 3. The van der Waals surface area contributed by atoms with E-state index in [2.05, 4.69) is 219 Å². The molecule has 9 aromatic carbocycles. The van der Waals surface area contributed by atoms with E-state index in [-0.39, 0.29) is 5.41 Å². The van der Waals surface area contributed by atoms with E-state index in [1.54, 1.807) is 0 Å². The standard InChI is InChI=1S/C58H41NO/c1-57(2)49-24-9-11-26-51(49)58(52-27-12-10-25-50(52)57)48-23-8-6-21-47(48)56-44(22-15-28-53(56)58)40-18-14-19-42(36-40)59(41-32-30-39(31-33-41)38-16-4-3-5-17-38)43-34-35-46-45-20-7-13-29-54(45)60-55(46)37-43/h3-37H,1-2H3. The van der Waals surface area contributed by atoms with Gasteiger partial charge in [0.2, 0.25) is 0 Å². The van der Waals surface area contributed by atoms with Gasteiger partial charge in [-0.05, 0) is 109 Å². The highest BCUT2D eigenvalue weighted by Crippen LogP contribution is 2.63. The second kappa shape index (κ2) is 13.0. The van der Waals surface area contributed by atoms with E-state index < -0.39 is 5.41 Å². The lowest BCUT2D eigenvalue weighted by Gasteiger charge is -2.46. The summed E-state index contributed by atoms with van der Waals surface area (Å²) in [6, 6.07) is 77.9. The highest BCUT2D eigenvalue weighted by molar-refractivity contribution is 6.06. The Bertz CT molecular complexity index is 3250. The molecule has 0 unspecified atom stereocenters. The fourth-order valence-corrected chi connectivity index (χ4v) is 10.7. The zero-order valence-electron chi connectivity index (χ0n) is 33.6. The minimum absolute atomic E-state index is 0.143. The fourth-order valence-electron chi connectivity index (χ4n) is 10.7. The lowest BCUT2D eigenvalue weighted by Crippen LogP contribution is -2.40. The number of nitrogens with zero attached hydrogens (tertiary/aromatic N) is 1. The van der Waals surface area contributed by atoms with Gasteiger partial charge < -0.3 is 9.32 Å². The van der Waals surface area contributed by atoms with Gasteiger partial charge in [0.25, 0.3) is 0 Å². The van der Waals surface area contributed by atoms with Crippen LogP contribution in [-0.2, 0) is 10.8 Å². The number of rotatable bonds is 5. The molecule has 1 aromatic heterocycles. The summed E-state index contributed by atoms with van der Waals surface area (Å²) in [4.78, 5) is 2.36. The van der Waals surface area contributed by atoms with Crippen molar-refractivity contribution < 1.29 is 4.42 Å². The Kier molecular flexibility index (Phi) is 7.52. The molecule has 0 radical (unpaired) electrons. The molecule has 2 heteroatoms. The Morgan fingerprint density at radius 3 is 1.65 bits per heavy atom. The summed E-state index contributed by atoms with van der Waals surface area (Å²) in [5.41, 5.74) is 19.9. The maximum absolute atomic E-state index is 6.46. The van der Waals surface area contributed by atoms with Crippen molar-refractivity contribution in [2.75, 3.05) is 4.90 Å². The van der Waals surface area contributed by atoms with Crippen LogP contribution in [0.3, 0.4) is 0 Å². The molecule has 1 heterocycles. The molecular formula is C58H41NO. The molecule has 10 aromatic rings. The van der Waals surface area contributed by atoms with E-state index in [0.29, 0.717) is 0 Å². The lowest BCUT2D eigenvalue weighted by molar-refractivity contribution is 0.563. The van der Waals surface area contributed by atoms with E-state index >= 15 is 0 Å². The smallest absolute Gasteiger partial charge is 0.137 e. The molecule has 0 saturated heterocycles. The molecule has 12 rings (SSSR count). The second-order valence-corrected chi connectivity index (χ2v) is 16.8. The fraction of sp³-hybridized carbons (Fsp3) is 0.0690. The first-order valence-corrected chi connectivity index (χ1v) is 20.9. The first-order chi connectivity index (χ1) is 29.5. The van der Waals surface area contributed by atoms with Crippen LogP contribution in [0, 0.1) is 0 Å². The SMILES string of the molecule is CC1(C)c2ccccc2C2(c3ccccc3-c3c(-c4cccc(N(c5ccc(-c6ccccc6)cc5)c5ccc6c(c5)oc5ccccc56)c4)cccc32)c2ccccc21. The largest absolute Gasteiger partial charge is 0.456 e. The Balaban J connectivity index is 1.06. The van der Waals surface area contributed by atoms with Crippen molar-refractivity contribution in [2.45, 2.75) is 24.7 Å². The number of hydrogen-bond acceptors (Lipinski definition) is 2. The summed E-state index contributed by atoms with van der Waals surface area (Å²) < 4.78 is 6.46. The van der Waals surface area contributed by atoms with Crippen LogP contribution >= 0.6 is 0 Å². The monoisotopic (exact) mass is 767 g/mol. The average Bonchev–Trinajstić information content (AvgIpc) is 3.83. The van der Waals surface area contributed by atoms with Crippen LogP contribution in [0.1, 0.15) is 47.2 Å². The van der Waals surface area contributed by atoms with Crippen molar-refractivity contribution >= 4 is 39.0 Å². The Morgan fingerprint density at radius 2 is 0.883 bits per heavy atom.